The van der Waals surface area contributed by atoms with Crippen LogP contribution in [0.3, 0.4) is 0 Å². The molecular weight excluding hydrogens is 305 g/mol. The van der Waals surface area contributed by atoms with E-state index in [2.05, 4.69) is 4.98 Å². The van der Waals surface area contributed by atoms with Gasteiger partial charge in [0, 0.05) is 24.0 Å². The highest BCUT2D eigenvalue weighted by molar-refractivity contribution is 6.30. The second kappa shape index (κ2) is 6.17. The average molecular weight is 319 g/mol. The van der Waals surface area contributed by atoms with Gasteiger partial charge >= 0.3 is 6.18 Å². The van der Waals surface area contributed by atoms with Crippen molar-refractivity contribution in [3.05, 3.63) is 41.0 Å². The molecular formula is C14H14ClF3N2O. The van der Waals surface area contributed by atoms with E-state index in [1.807, 2.05) is 24.3 Å². The van der Waals surface area contributed by atoms with Crippen LogP contribution >= 0.6 is 11.6 Å². The molecule has 0 aliphatic heterocycles. The largest absolute Gasteiger partial charge is 0.415 e. The summed E-state index contributed by atoms with van der Waals surface area (Å²) in [6.45, 7) is -0.351. The van der Waals surface area contributed by atoms with Crippen molar-refractivity contribution in [2.24, 2.45) is 0 Å². The molecule has 2 aromatic rings. The number of nitrogens with zero attached hydrogens (tertiary/aromatic N) is 2. The van der Waals surface area contributed by atoms with Gasteiger partial charge in [0.1, 0.15) is 5.15 Å². The number of pyridine rings is 1. The van der Waals surface area contributed by atoms with Crippen LogP contribution in [0.15, 0.2) is 30.3 Å². The fourth-order valence-corrected chi connectivity index (χ4v) is 2.21. The van der Waals surface area contributed by atoms with E-state index in [1.165, 1.54) is 11.9 Å². The van der Waals surface area contributed by atoms with Gasteiger partial charge in [0.25, 0.3) is 0 Å². The third kappa shape index (κ3) is 4.06. The third-order valence-electron chi connectivity index (χ3n) is 3.05. The van der Waals surface area contributed by atoms with Crippen LogP contribution in [-0.2, 0) is 6.54 Å². The molecule has 21 heavy (non-hydrogen) atoms. The average Bonchev–Trinajstić information content (AvgIpc) is 2.38. The number of benzene rings is 1. The van der Waals surface area contributed by atoms with Gasteiger partial charge in [0.05, 0.1) is 5.52 Å². The van der Waals surface area contributed by atoms with Crippen LogP contribution < -0.4 is 0 Å². The molecule has 1 aromatic heterocycles. The Bertz CT molecular complexity index is 633. The van der Waals surface area contributed by atoms with Crippen molar-refractivity contribution in [2.45, 2.75) is 18.8 Å². The number of hydrogen-bond donors (Lipinski definition) is 1. The van der Waals surface area contributed by atoms with Crippen molar-refractivity contribution in [1.82, 2.24) is 9.88 Å². The SMILES string of the molecule is CN(Cc1cc2ccccc2nc1Cl)CC(O)C(F)(F)F. The minimum Gasteiger partial charge on any atom is -0.382 e. The van der Waals surface area contributed by atoms with E-state index in [-0.39, 0.29) is 11.7 Å². The van der Waals surface area contributed by atoms with Gasteiger partial charge in [-0.05, 0) is 19.2 Å². The van der Waals surface area contributed by atoms with Gasteiger partial charge < -0.3 is 5.11 Å². The molecule has 0 saturated heterocycles. The molecule has 0 radical (unpaired) electrons. The highest BCUT2D eigenvalue weighted by Gasteiger charge is 2.38. The molecule has 114 valence electrons. The first-order valence-electron chi connectivity index (χ1n) is 6.25. The second-order valence-corrected chi connectivity index (χ2v) is 5.24. The van der Waals surface area contributed by atoms with E-state index in [0.717, 1.165) is 10.9 Å². The number of fused-ring (bicyclic) bond motifs is 1. The zero-order chi connectivity index (χ0) is 15.6. The molecule has 1 unspecified atom stereocenters. The van der Waals surface area contributed by atoms with E-state index in [0.29, 0.717) is 5.56 Å². The molecule has 2 rings (SSSR count). The lowest BCUT2D eigenvalue weighted by Gasteiger charge is -2.22. The number of aromatic nitrogens is 1. The van der Waals surface area contributed by atoms with Crippen molar-refractivity contribution in [1.29, 1.82) is 0 Å². The number of hydrogen-bond acceptors (Lipinski definition) is 3. The van der Waals surface area contributed by atoms with Gasteiger partial charge in [-0.2, -0.15) is 13.2 Å². The maximum atomic E-state index is 12.3. The summed E-state index contributed by atoms with van der Waals surface area (Å²) in [6.07, 6.45) is -7.01. The minimum atomic E-state index is -4.63. The van der Waals surface area contributed by atoms with E-state index >= 15 is 0 Å². The van der Waals surface area contributed by atoms with Crippen LogP contribution in [0, 0.1) is 0 Å². The Balaban J connectivity index is 2.14. The van der Waals surface area contributed by atoms with Crippen LogP contribution in [0.5, 0.6) is 0 Å². The standard InChI is InChI=1S/C14H14ClF3N2O/c1-20(8-12(21)14(16,17)18)7-10-6-9-4-2-3-5-11(9)19-13(10)15/h2-6,12,21H,7-8H2,1H3. The number of rotatable bonds is 4. The summed E-state index contributed by atoms with van der Waals surface area (Å²) in [5.74, 6) is 0. The Labute approximate surface area is 125 Å². The Morgan fingerprint density at radius 1 is 1.33 bits per heavy atom. The van der Waals surface area contributed by atoms with Gasteiger partial charge in [-0.25, -0.2) is 4.98 Å². The summed E-state index contributed by atoms with van der Waals surface area (Å²) in [5.41, 5.74) is 1.34. The molecule has 3 nitrogen and oxygen atoms in total. The molecule has 0 aliphatic rings. The van der Waals surface area contributed by atoms with Gasteiger partial charge in [-0.1, -0.05) is 29.8 Å². The van der Waals surface area contributed by atoms with Crippen molar-refractivity contribution in [2.75, 3.05) is 13.6 Å². The first-order valence-corrected chi connectivity index (χ1v) is 6.62. The quantitative estimate of drug-likeness (QED) is 0.879. The molecule has 0 bridgehead atoms. The van der Waals surface area contributed by atoms with E-state index < -0.39 is 18.8 Å². The number of aliphatic hydroxyl groups excluding tert-OH is 1. The maximum absolute atomic E-state index is 12.3. The van der Waals surface area contributed by atoms with Gasteiger partial charge in [-0.3, -0.25) is 4.90 Å². The number of para-hydroxylation sites is 1. The number of aliphatic hydroxyl groups is 1. The second-order valence-electron chi connectivity index (χ2n) is 4.89. The molecule has 1 N–H and O–H groups in total. The summed E-state index contributed by atoms with van der Waals surface area (Å²) in [5, 5.41) is 10.2. The minimum absolute atomic E-state index is 0.170. The van der Waals surface area contributed by atoms with Crippen molar-refractivity contribution in [3.63, 3.8) is 0 Å². The number of likely N-dealkylation sites (N-methyl/N-ethyl adjacent to an activating group) is 1. The number of alkyl halides is 3. The van der Waals surface area contributed by atoms with Crippen LogP contribution in [-0.4, -0.2) is 40.9 Å². The monoisotopic (exact) mass is 318 g/mol. The van der Waals surface area contributed by atoms with Crippen molar-refractivity contribution >= 4 is 22.5 Å². The summed E-state index contributed by atoms with van der Waals surface area (Å²) < 4.78 is 37.0. The summed E-state index contributed by atoms with van der Waals surface area (Å²) in [7, 11) is 1.49. The summed E-state index contributed by atoms with van der Waals surface area (Å²) in [6, 6.07) is 9.13. The molecule has 0 amide bonds. The topological polar surface area (TPSA) is 36.4 Å². The maximum Gasteiger partial charge on any atom is 0.415 e. The summed E-state index contributed by atoms with van der Waals surface area (Å²) >= 11 is 6.05. The molecule has 1 atom stereocenters. The first-order chi connectivity index (χ1) is 9.77. The van der Waals surface area contributed by atoms with Crippen LogP contribution in [0.2, 0.25) is 5.15 Å². The van der Waals surface area contributed by atoms with Gasteiger partial charge in [-0.15, -0.1) is 0 Å². The van der Waals surface area contributed by atoms with Gasteiger partial charge in [0.15, 0.2) is 6.10 Å². The molecule has 0 saturated carbocycles. The lowest BCUT2D eigenvalue weighted by molar-refractivity contribution is -0.207. The third-order valence-corrected chi connectivity index (χ3v) is 3.38. The summed E-state index contributed by atoms with van der Waals surface area (Å²) in [4.78, 5) is 5.57. The Morgan fingerprint density at radius 3 is 2.67 bits per heavy atom. The molecule has 0 fully saturated rings. The lowest BCUT2D eigenvalue weighted by atomic mass is 10.1. The highest BCUT2D eigenvalue weighted by atomic mass is 35.5. The van der Waals surface area contributed by atoms with Crippen LogP contribution in [0.4, 0.5) is 13.2 Å². The van der Waals surface area contributed by atoms with Gasteiger partial charge in [0.2, 0.25) is 0 Å². The molecule has 0 aliphatic carbocycles. The van der Waals surface area contributed by atoms with E-state index in [9.17, 15) is 13.2 Å². The normalized spacial score (nSPS) is 13.9. The number of halogens is 4. The van der Waals surface area contributed by atoms with E-state index in [1.54, 1.807) is 6.07 Å². The molecule has 1 heterocycles. The fourth-order valence-electron chi connectivity index (χ4n) is 2.00. The van der Waals surface area contributed by atoms with Crippen LogP contribution in [0.1, 0.15) is 5.56 Å². The fraction of sp³-hybridized carbons (Fsp3) is 0.357. The zero-order valence-electron chi connectivity index (χ0n) is 11.2. The van der Waals surface area contributed by atoms with Crippen molar-refractivity contribution in [3.8, 4) is 0 Å². The Hall–Kier alpha value is -1.37. The van der Waals surface area contributed by atoms with Crippen molar-refractivity contribution < 1.29 is 18.3 Å². The Kier molecular flexibility index (Phi) is 4.70. The zero-order valence-corrected chi connectivity index (χ0v) is 12.0. The molecule has 1 aromatic carbocycles. The van der Waals surface area contributed by atoms with E-state index in [4.69, 9.17) is 16.7 Å². The molecule has 7 heteroatoms. The smallest absolute Gasteiger partial charge is 0.382 e. The predicted molar refractivity (Wildman–Crippen MR) is 75.1 cm³/mol. The predicted octanol–water partition coefficient (Wildman–Crippen LogP) is 3.24. The highest BCUT2D eigenvalue weighted by Crippen LogP contribution is 2.23. The van der Waals surface area contributed by atoms with Crippen LogP contribution in [0.25, 0.3) is 10.9 Å². The molecule has 0 spiro atoms. The lowest BCUT2D eigenvalue weighted by Crippen LogP contribution is -2.39. The Morgan fingerprint density at radius 2 is 2.00 bits per heavy atom. The first kappa shape index (κ1) is 16.0.